The molecule has 3 heterocycles. The minimum Gasteiger partial charge on any atom is -0.375 e. The van der Waals surface area contributed by atoms with Crippen LogP contribution in [0, 0.1) is 0 Å². The Kier molecular flexibility index (Phi) is 8.76. The van der Waals surface area contributed by atoms with Gasteiger partial charge in [0.25, 0.3) is 0 Å². The van der Waals surface area contributed by atoms with Crippen molar-refractivity contribution in [1.82, 2.24) is 15.1 Å². The van der Waals surface area contributed by atoms with Gasteiger partial charge in [0.2, 0.25) is 5.91 Å². The van der Waals surface area contributed by atoms with Crippen molar-refractivity contribution < 1.29 is 14.3 Å². The maximum atomic E-state index is 12.5. The number of morpholine rings is 1. The summed E-state index contributed by atoms with van der Waals surface area (Å²) in [7, 11) is 1.81. The fourth-order valence-electron chi connectivity index (χ4n) is 4.43. The lowest BCUT2D eigenvalue weighted by Gasteiger charge is -2.37. The summed E-state index contributed by atoms with van der Waals surface area (Å²) in [6.07, 6.45) is 3.87. The zero-order valence-electron chi connectivity index (χ0n) is 17.7. The number of hydrogen-bond acceptors (Lipinski definition) is 4. The summed E-state index contributed by atoms with van der Waals surface area (Å²) in [4.78, 5) is 21.2. The summed E-state index contributed by atoms with van der Waals surface area (Å²) in [6, 6.07) is 8.30. The molecule has 1 aromatic carbocycles. The highest BCUT2D eigenvalue weighted by molar-refractivity contribution is 14.0. The second-order valence-corrected chi connectivity index (χ2v) is 8.00. The Bertz CT molecular complexity index is 714. The molecule has 4 rings (SSSR count). The molecule has 2 atom stereocenters. The van der Waals surface area contributed by atoms with E-state index in [1.807, 2.05) is 24.1 Å². The summed E-state index contributed by atoms with van der Waals surface area (Å²) < 4.78 is 11.7. The molecule has 8 heteroatoms. The van der Waals surface area contributed by atoms with Crippen LogP contribution in [0.2, 0.25) is 0 Å². The number of rotatable bonds is 5. The van der Waals surface area contributed by atoms with Crippen LogP contribution in [0.5, 0.6) is 0 Å². The molecule has 0 radical (unpaired) electrons. The Hall–Kier alpha value is -1.39. The molecule has 1 N–H and O–H groups in total. The summed E-state index contributed by atoms with van der Waals surface area (Å²) in [5.74, 6) is 1.11. The summed E-state index contributed by atoms with van der Waals surface area (Å²) in [5, 5.41) is 3.42. The number of guanidine groups is 1. The molecule has 0 bridgehead atoms. The van der Waals surface area contributed by atoms with Crippen molar-refractivity contribution in [3.8, 4) is 0 Å². The van der Waals surface area contributed by atoms with Crippen LogP contribution in [0.1, 0.15) is 36.8 Å². The molecule has 166 valence electrons. The van der Waals surface area contributed by atoms with Crippen molar-refractivity contribution in [1.29, 1.82) is 0 Å². The van der Waals surface area contributed by atoms with Gasteiger partial charge in [-0.2, -0.15) is 0 Å². The van der Waals surface area contributed by atoms with Crippen LogP contribution in [-0.2, 0) is 27.4 Å². The first-order chi connectivity index (χ1) is 14.2. The Labute approximate surface area is 196 Å². The van der Waals surface area contributed by atoms with Gasteiger partial charge in [-0.05, 0) is 30.4 Å². The molecule has 7 nitrogen and oxygen atoms in total. The number of nitrogens with zero attached hydrogens (tertiary/aromatic N) is 3. The Balaban J connectivity index is 0.00000256. The van der Waals surface area contributed by atoms with Crippen molar-refractivity contribution in [2.24, 2.45) is 4.99 Å². The third-order valence-corrected chi connectivity index (χ3v) is 6.03. The highest BCUT2D eigenvalue weighted by Gasteiger charge is 2.32. The number of carbonyl (C=O) groups is 1. The molecule has 2 saturated heterocycles. The van der Waals surface area contributed by atoms with E-state index >= 15 is 0 Å². The predicted molar refractivity (Wildman–Crippen MR) is 127 cm³/mol. The number of aliphatic imine (C=N–C) groups is 1. The second-order valence-electron chi connectivity index (χ2n) is 8.00. The summed E-state index contributed by atoms with van der Waals surface area (Å²) in [5.41, 5.74) is 2.54. The fraction of sp³-hybridized carbons (Fsp3) is 0.636. The van der Waals surface area contributed by atoms with Crippen LogP contribution in [0.25, 0.3) is 0 Å². The molecule has 2 fully saturated rings. The Morgan fingerprint density at radius 1 is 1.13 bits per heavy atom. The molecule has 3 aliphatic rings. The first-order valence-corrected chi connectivity index (χ1v) is 10.8. The van der Waals surface area contributed by atoms with Gasteiger partial charge < -0.3 is 24.6 Å². The molecule has 3 aliphatic heterocycles. The number of halogens is 1. The zero-order valence-corrected chi connectivity index (χ0v) is 20.0. The maximum absolute atomic E-state index is 12.5. The average molecular weight is 528 g/mol. The monoisotopic (exact) mass is 528 g/mol. The molecule has 2 unspecified atom stereocenters. The van der Waals surface area contributed by atoms with Crippen LogP contribution in [-0.4, -0.2) is 73.8 Å². The molecule has 1 amide bonds. The van der Waals surface area contributed by atoms with Gasteiger partial charge in [0, 0.05) is 52.8 Å². The molecule has 0 saturated carbocycles. The van der Waals surface area contributed by atoms with Gasteiger partial charge in [0.1, 0.15) is 6.10 Å². The SMILES string of the molecule is CN=C(NCCCC(=O)N1Cc2ccccc2C1)N1CCOC(C2CCCO2)C1.I. The molecular formula is C22H33IN4O3. The lowest BCUT2D eigenvalue weighted by molar-refractivity contribution is -0.131. The van der Waals surface area contributed by atoms with Crippen LogP contribution in [0.4, 0.5) is 0 Å². The van der Waals surface area contributed by atoms with E-state index in [0.29, 0.717) is 13.0 Å². The Morgan fingerprint density at radius 3 is 2.53 bits per heavy atom. The van der Waals surface area contributed by atoms with Gasteiger partial charge in [-0.15, -0.1) is 24.0 Å². The lowest BCUT2D eigenvalue weighted by atomic mass is 10.1. The Morgan fingerprint density at radius 2 is 1.87 bits per heavy atom. The van der Waals surface area contributed by atoms with E-state index in [9.17, 15) is 4.79 Å². The lowest BCUT2D eigenvalue weighted by Crippen LogP contribution is -2.53. The van der Waals surface area contributed by atoms with Gasteiger partial charge >= 0.3 is 0 Å². The summed E-state index contributed by atoms with van der Waals surface area (Å²) in [6.45, 7) is 5.38. The van der Waals surface area contributed by atoms with Crippen molar-refractivity contribution >= 4 is 35.8 Å². The highest BCUT2D eigenvalue weighted by Crippen LogP contribution is 2.23. The second kappa shape index (κ2) is 11.3. The van der Waals surface area contributed by atoms with Crippen LogP contribution >= 0.6 is 24.0 Å². The number of amides is 1. The van der Waals surface area contributed by atoms with Crippen molar-refractivity contribution in [2.45, 2.75) is 51.0 Å². The van der Waals surface area contributed by atoms with Gasteiger partial charge in [-0.3, -0.25) is 9.79 Å². The minimum atomic E-state index is 0. The standard InChI is InChI=1S/C22H32N4O3.HI/c1-23-22(25-11-13-29-20(16-25)19-8-5-12-28-19)24-10-4-9-21(27)26-14-17-6-2-3-7-18(17)15-26;/h2-3,6-7,19-20H,4-5,8-16H2,1H3,(H,23,24);1H. The van der Waals surface area contributed by atoms with E-state index in [0.717, 1.165) is 64.6 Å². The van der Waals surface area contributed by atoms with Gasteiger partial charge in [-0.25, -0.2) is 0 Å². The van der Waals surface area contributed by atoms with E-state index in [1.54, 1.807) is 0 Å². The minimum absolute atomic E-state index is 0. The smallest absolute Gasteiger partial charge is 0.223 e. The van der Waals surface area contributed by atoms with Crippen molar-refractivity contribution in [3.05, 3.63) is 35.4 Å². The number of hydrogen-bond donors (Lipinski definition) is 1. The van der Waals surface area contributed by atoms with E-state index in [1.165, 1.54) is 11.1 Å². The molecule has 30 heavy (non-hydrogen) atoms. The van der Waals surface area contributed by atoms with Crippen LogP contribution in [0.3, 0.4) is 0 Å². The van der Waals surface area contributed by atoms with E-state index < -0.39 is 0 Å². The van der Waals surface area contributed by atoms with Crippen molar-refractivity contribution in [2.75, 3.05) is 39.9 Å². The van der Waals surface area contributed by atoms with Crippen LogP contribution in [0.15, 0.2) is 29.3 Å². The number of carbonyl (C=O) groups excluding carboxylic acids is 1. The third-order valence-electron chi connectivity index (χ3n) is 6.03. The largest absolute Gasteiger partial charge is 0.375 e. The molecule has 0 aliphatic carbocycles. The first kappa shape index (κ1) is 23.3. The topological polar surface area (TPSA) is 66.4 Å². The highest BCUT2D eigenvalue weighted by atomic mass is 127. The molecule has 0 spiro atoms. The zero-order chi connectivity index (χ0) is 20.1. The first-order valence-electron chi connectivity index (χ1n) is 10.8. The summed E-state index contributed by atoms with van der Waals surface area (Å²) >= 11 is 0. The van der Waals surface area contributed by atoms with Gasteiger partial charge in [-0.1, -0.05) is 24.3 Å². The number of ether oxygens (including phenoxy) is 2. The van der Waals surface area contributed by atoms with Gasteiger partial charge in [0.05, 0.1) is 12.7 Å². The third kappa shape index (κ3) is 5.64. The average Bonchev–Trinajstić information content (AvgIpc) is 3.44. The number of fused-ring (bicyclic) bond motifs is 1. The van der Waals surface area contributed by atoms with Crippen molar-refractivity contribution in [3.63, 3.8) is 0 Å². The molecule has 1 aromatic rings. The quantitative estimate of drug-likeness (QED) is 0.275. The van der Waals surface area contributed by atoms with E-state index in [4.69, 9.17) is 9.47 Å². The molecule has 0 aromatic heterocycles. The van der Waals surface area contributed by atoms with E-state index in [-0.39, 0.29) is 42.1 Å². The van der Waals surface area contributed by atoms with Gasteiger partial charge in [0.15, 0.2) is 5.96 Å². The van der Waals surface area contributed by atoms with Crippen LogP contribution < -0.4 is 5.32 Å². The number of nitrogens with one attached hydrogen (secondary N) is 1. The number of benzene rings is 1. The fourth-order valence-corrected chi connectivity index (χ4v) is 4.43. The molecular weight excluding hydrogens is 495 g/mol. The van der Waals surface area contributed by atoms with E-state index in [2.05, 4.69) is 27.3 Å². The maximum Gasteiger partial charge on any atom is 0.223 e. The predicted octanol–water partition coefficient (Wildman–Crippen LogP) is 2.38. The normalized spacial score (nSPS) is 23.8.